The summed E-state index contributed by atoms with van der Waals surface area (Å²) in [6.45, 7) is 3.12. The van der Waals surface area contributed by atoms with Gasteiger partial charge in [-0.1, -0.05) is 13.0 Å². The van der Waals surface area contributed by atoms with Gasteiger partial charge in [-0.15, -0.1) is 0 Å². The summed E-state index contributed by atoms with van der Waals surface area (Å²) < 4.78 is 5.36. The van der Waals surface area contributed by atoms with Gasteiger partial charge in [0.1, 0.15) is 5.75 Å². The van der Waals surface area contributed by atoms with Crippen molar-refractivity contribution >= 4 is 5.91 Å². The van der Waals surface area contributed by atoms with Gasteiger partial charge in [0.25, 0.3) is 5.91 Å². The van der Waals surface area contributed by atoms with Crippen LogP contribution in [0.5, 0.6) is 5.75 Å². The largest absolute Gasteiger partial charge is 0.497 e. The number of fused-ring (bicyclic) bond motifs is 2. The van der Waals surface area contributed by atoms with Crippen molar-refractivity contribution in [2.45, 2.75) is 51.1 Å². The van der Waals surface area contributed by atoms with Crippen LogP contribution in [0.3, 0.4) is 0 Å². The fraction of sp³-hybridized carbons (Fsp3) is 0.611. The Morgan fingerprint density at radius 2 is 2.17 bits per heavy atom. The number of ether oxygens (including phenoxy) is 1. The van der Waals surface area contributed by atoms with Gasteiger partial charge in [-0.25, -0.2) is 5.84 Å². The molecule has 3 unspecified atom stereocenters. The monoisotopic (exact) mass is 317 g/mol. The molecular formula is C18H27N3O2. The molecule has 3 rings (SSSR count). The summed E-state index contributed by atoms with van der Waals surface area (Å²) in [5.74, 6) is 6.90. The van der Waals surface area contributed by atoms with Gasteiger partial charge in [0, 0.05) is 6.04 Å². The number of hydrazine groups is 1. The van der Waals surface area contributed by atoms with Crippen molar-refractivity contribution in [3.05, 3.63) is 29.3 Å². The Balaban J connectivity index is 1.86. The number of benzene rings is 1. The normalized spacial score (nSPS) is 27.0. The summed E-state index contributed by atoms with van der Waals surface area (Å²) >= 11 is 0. The molecule has 23 heavy (non-hydrogen) atoms. The summed E-state index contributed by atoms with van der Waals surface area (Å²) in [6, 6.07) is 6.75. The van der Waals surface area contributed by atoms with Crippen molar-refractivity contribution in [3.63, 3.8) is 0 Å². The first-order valence-corrected chi connectivity index (χ1v) is 8.60. The van der Waals surface area contributed by atoms with E-state index in [0.717, 1.165) is 44.4 Å². The highest BCUT2D eigenvalue weighted by Gasteiger charge is 2.41. The molecule has 1 aromatic carbocycles. The Kier molecular flexibility index (Phi) is 4.87. The molecule has 0 saturated carbocycles. The molecular weight excluding hydrogens is 290 g/mol. The summed E-state index contributed by atoms with van der Waals surface area (Å²) in [7, 11) is 1.72. The zero-order valence-electron chi connectivity index (χ0n) is 14.0. The molecule has 3 atom stereocenters. The summed E-state index contributed by atoms with van der Waals surface area (Å²) in [4.78, 5) is 14.6. The first-order chi connectivity index (χ1) is 11.2. The molecule has 1 heterocycles. The van der Waals surface area contributed by atoms with Gasteiger partial charge in [0.2, 0.25) is 0 Å². The van der Waals surface area contributed by atoms with E-state index in [2.05, 4.69) is 29.4 Å². The maximum Gasteiger partial charge on any atom is 0.251 e. The number of carbonyl (C=O) groups excluding carboxylic acids is 1. The fourth-order valence-electron chi connectivity index (χ4n) is 4.34. The number of hydrogen-bond acceptors (Lipinski definition) is 4. The lowest BCUT2D eigenvalue weighted by Gasteiger charge is -2.48. The van der Waals surface area contributed by atoms with Crippen molar-refractivity contribution in [1.82, 2.24) is 10.3 Å². The zero-order valence-corrected chi connectivity index (χ0v) is 14.0. The van der Waals surface area contributed by atoms with Gasteiger partial charge in [0.15, 0.2) is 0 Å². The number of hydrogen-bond donors (Lipinski definition) is 2. The number of amides is 1. The second-order valence-electron chi connectivity index (χ2n) is 6.71. The van der Waals surface area contributed by atoms with E-state index < -0.39 is 0 Å². The third-order valence-corrected chi connectivity index (χ3v) is 5.43. The minimum absolute atomic E-state index is 0.0440. The molecule has 0 spiro atoms. The Morgan fingerprint density at radius 1 is 1.35 bits per heavy atom. The number of carbonyl (C=O) groups is 1. The van der Waals surface area contributed by atoms with E-state index >= 15 is 0 Å². The predicted molar refractivity (Wildman–Crippen MR) is 90.0 cm³/mol. The minimum atomic E-state index is -0.0824. The maximum atomic E-state index is 12.2. The van der Waals surface area contributed by atoms with Gasteiger partial charge in [-0.2, -0.15) is 0 Å². The molecule has 1 fully saturated rings. The number of piperidine rings is 1. The van der Waals surface area contributed by atoms with E-state index in [1.54, 1.807) is 7.11 Å². The van der Waals surface area contributed by atoms with Gasteiger partial charge in [-0.3, -0.25) is 15.1 Å². The zero-order chi connectivity index (χ0) is 16.4. The van der Waals surface area contributed by atoms with Crippen LogP contribution >= 0.6 is 0 Å². The number of methoxy groups -OCH3 is 1. The van der Waals surface area contributed by atoms with E-state index in [1.165, 1.54) is 11.1 Å². The molecule has 5 heteroatoms. The van der Waals surface area contributed by atoms with Crippen LogP contribution in [-0.2, 0) is 17.6 Å². The number of nitrogens with zero attached hydrogens (tertiary/aromatic N) is 1. The van der Waals surface area contributed by atoms with Crippen molar-refractivity contribution < 1.29 is 9.53 Å². The molecule has 0 radical (unpaired) electrons. The third-order valence-electron chi connectivity index (χ3n) is 5.43. The van der Waals surface area contributed by atoms with Gasteiger partial charge in [-0.05, 0) is 67.8 Å². The molecule has 5 nitrogen and oxygen atoms in total. The summed E-state index contributed by atoms with van der Waals surface area (Å²) in [6.07, 6.45) is 5.11. The van der Waals surface area contributed by atoms with Crippen molar-refractivity contribution in [2.24, 2.45) is 11.8 Å². The summed E-state index contributed by atoms with van der Waals surface area (Å²) in [5, 5.41) is 0. The molecule has 3 N–H and O–H groups in total. The van der Waals surface area contributed by atoms with Crippen LogP contribution in [0.25, 0.3) is 0 Å². The van der Waals surface area contributed by atoms with Crippen LogP contribution in [0.2, 0.25) is 0 Å². The lowest BCUT2D eigenvalue weighted by atomic mass is 9.73. The molecule has 0 bridgehead atoms. The average Bonchev–Trinajstić information content (AvgIpc) is 2.59. The molecule has 0 aromatic heterocycles. The van der Waals surface area contributed by atoms with Crippen LogP contribution in [0.4, 0.5) is 0 Å². The van der Waals surface area contributed by atoms with Gasteiger partial charge < -0.3 is 4.74 Å². The first kappa shape index (κ1) is 16.3. The smallest absolute Gasteiger partial charge is 0.251 e. The van der Waals surface area contributed by atoms with Crippen LogP contribution in [0.15, 0.2) is 18.2 Å². The highest BCUT2D eigenvalue weighted by Crippen LogP contribution is 2.38. The molecule has 1 aliphatic heterocycles. The molecule has 1 saturated heterocycles. The third kappa shape index (κ3) is 3.08. The number of nitrogens with two attached hydrogens (primary N) is 1. The number of nitrogens with one attached hydrogen (secondary N) is 1. The SMILES string of the molecule is CCCN1C(C(=O)NN)CCC2Cc3cc(OC)ccc3CC21. The fourth-order valence-corrected chi connectivity index (χ4v) is 4.34. The van der Waals surface area contributed by atoms with Crippen LogP contribution < -0.4 is 16.0 Å². The van der Waals surface area contributed by atoms with Gasteiger partial charge in [0.05, 0.1) is 13.2 Å². The highest BCUT2D eigenvalue weighted by atomic mass is 16.5. The second-order valence-corrected chi connectivity index (χ2v) is 6.71. The predicted octanol–water partition coefficient (Wildman–Crippen LogP) is 1.64. The standard InChI is InChI=1S/C18H27N3O2/c1-3-8-21-16(18(22)20-19)7-5-13-9-14-10-15(23-2)6-4-12(14)11-17(13)21/h4,6,10,13,16-17H,3,5,7-9,11,19H2,1-2H3,(H,20,22). The lowest BCUT2D eigenvalue weighted by molar-refractivity contribution is -0.130. The van der Waals surface area contributed by atoms with E-state index in [-0.39, 0.29) is 11.9 Å². The van der Waals surface area contributed by atoms with Gasteiger partial charge >= 0.3 is 0 Å². The Bertz CT molecular complexity index is 575. The molecule has 1 amide bonds. The Hall–Kier alpha value is -1.59. The van der Waals surface area contributed by atoms with Crippen molar-refractivity contribution in [2.75, 3.05) is 13.7 Å². The quantitative estimate of drug-likeness (QED) is 0.503. The Morgan fingerprint density at radius 3 is 2.87 bits per heavy atom. The number of rotatable bonds is 4. The topological polar surface area (TPSA) is 67.6 Å². The van der Waals surface area contributed by atoms with Crippen LogP contribution in [0.1, 0.15) is 37.3 Å². The molecule has 1 aliphatic carbocycles. The molecule has 1 aromatic rings. The highest BCUT2D eigenvalue weighted by molar-refractivity contribution is 5.81. The van der Waals surface area contributed by atoms with E-state index in [9.17, 15) is 4.79 Å². The van der Waals surface area contributed by atoms with Crippen LogP contribution in [0, 0.1) is 5.92 Å². The average molecular weight is 317 g/mol. The first-order valence-electron chi connectivity index (χ1n) is 8.60. The maximum absolute atomic E-state index is 12.2. The van der Waals surface area contributed by atoms with Crippen molar-refractivity contribution in [1.29, 1.82) is 0 Å². The summed E-state index contributed by atoms with van der Waals surface area (Å²) in [5.41, 5.74) is 5.15. The van der Waals surface area contributed by atoms with E-state index in [4.69, 9.17) is 10.6 Å². The van der Waals surface area contributed by atoms with Crippen LogP contribution in [-0.4, -0.2) is 36.5 Å². The Labute approximate surface area is 138 Å². The van der Waals surface area contributed by atoms with E-state index in [0.29, 0.717) is 12.0 Å². The van der Waals surface area contributed by atoms with Crippen molar-refractivity contribution in [3.8, 4) is 5.75 Å². The molecule has 2 aliphatic rings. The second kappa shape index (κ2) is 6.89. The molecule has 126 valence electrons. The van der Waals surface area contributed by atoms with E-state index in [1.807, 2.05) is 6.07 Å². The minimum Gasteiger partial charge on any atom is -0.497 e. The number of likely N-dealkylation sites (tertiary alicyclic amines) is 1. The lowest BCUT2D eigenvalue weighted by Crippen LogP contribution is -2.59.